The van der Waals surface area contributed by atoms with Gasteiger partial charge in [0, 0.05) is 10.7 Å². The van der Waals surface area contributed by atoms with E-state index in [1.54, 1.807) is 0 Å². The van der Waals surface area contributed by atoms with Gasteiger partial charge < -0.3 is 5.32 Å². The standard InChI is InChI=1S/C12H6BrF2N3/c13-8-4-10(15)12(17-6-8)18-11-2-1-9(14)3-7(11)5-16/h1-4,6H,(H,17,18). The molecule has 0 bridgehead atoms. The second-order valence-corrected chi connectivity index (χ2v) is 4.33. The zero-order valence-electron chi connectivity index (χ0n) is 8.92. The summed E-state index contributed by atoms with van der Waals surface area (Å²) in [6.45, 7) is 0. The molecule has 0 atom stereocenters. The van der Waals surface area contributed by atoms with E-state index in [1.807, 2.05) is 6.07 Å². The molecule has 0 saturated carbocycles. The van der Waals surface area contributed by atoms with Gasteiger partial charge in [-0.15, -0.1) is 0 Å². The first-order chi connectivity index (χ1) is 8.60. The Morgan fingerprint density at radius 2 is 2.06 bits per heavy atom. The minimum atomic E-state index is -0.572. The molecule has 6 heteroatoms. The highest BCUT2D eigenvalue weighted by Gasteiger charge is 2.08. The van der Waals surface area contributed by atoms with Gasteiger partial charge in [-0.25, -0.2) is 13.8 Å². The highest BCUT2D eigenvalue weighted by atomic mass is 79.9. The van der Waals surface area contributed by atoms with Gasteiger partial charge in [-0.1, -0.05) is 0 Å². The zero-order valence-corrected chi connectivity index (χ0v) is 10.5. The van der Waals surface area contributed by atoms with E-state index in [0.717, 1.165) is 6.07 Å². The van der Waals surface area contributed by atoms with Crippen LogP contribution in [0.2, 0.25) is 0 Å². The maximum atomic E-state index is 13.5. The first-order valence-corrected chi connectivity index (χ1v) is 5.67. The fourth-order valence-electron chi connectivity index (χ4n) is 1.35. The Morgan fingerprint density at radius 1 is 1.28 bits per heavy atom. The van der Waals surface area contributed by atoms with Gasteiger partial charge in [0.1, 0.15) is 11.9 Å². The largest absolute Gasteiger partial charge is 0.337 e. The lowest BCUT2D eigenvalue weighted by atomic mass is 10.2. The van der Waals surface area contributed by atoms with Crippen molar-refractivity contribution in [2.24, 2.45) is 0 Å². The van der Waals surface area contributed by atoms with Crippen LogP contribution < -0.4 is 5.32 Å². The molecule has 1 N–H and O–H groups in total. The molecule has 0 saturated heterocycles. The fraction of sp³-hybridized carbons (Fsp3) is 0. The summed E-state index contributed by atoms with van der Waals surface area (Å²) < 4.78 is 27.0. The lowest BCUT2D eigenvalue weighted by molar-refractivity contribution is 0.625. The number of nitrogens with one attached hydrogen (secondary N) is 1. The lowest BCUT2D eigenvalue weighted by Crippen LogP contribution is -1.99. The monoisotopic (exact) mass is 309 g/mol. The summed E-state index contributed by atoms with van der Waals surface area (Å²) >= 11 is 3.09. The highest BCUT2D eigenvalue weighted by Crippen LogP contribution is 2.23. The van der Waals surface area contributed by atoms with Crippen molar-refractivity contribution < 1.29 is 8.78 Å². The van der Waals surface area contributed by atoms with Gasteiger partial charge in [0.25, 0.3) is 0 Å². The summed E-state index contributed by atoms with van der Waals surface area (Å²) in [5.74, 6) is -1.12. The first kappa shape index (κ1) is 12.5. The molecule has 0 amide bonds. The lowest BCUT2D eigenvalue weighted by Gasteiger charge is -2.08. The number of aromatic nitrogens is 1. The third-order valence-corrected chi connectivity index (χ3v) is 2.60. The smallest absolute Gasteiger partial charge is 0.166 e. The van der Waals surface area contributed by atoms with Crippen LogP contribution in [0.25, 0.3) is 0 Å². The minimum absolute atomic E-state index is 0.0266. The van der Waals surface area contributed by atoms with Gasteiger partial charge in [-0.2, -0.15) is 5.26 Å². The first-order valence-electron chi connectivity index (χ1n) is 4.88. The maximum Gasteiger partial charge on any atom is 0.166 e. The second-order valence-electron chi connectivity index (χ2n) is 3.41. The molecule has 0 unspecified atom stereocenters. The van der Waals surface area contributed by atoms with Gasteiger partial charge in [0.2, 0.25) is 0 Å². The predicted octanol–water partition coefficient (Wildman–Crippen LogP) is 3.74. The summed E-state index contributed by atoms with van der Waals surface area (Å²) in [5.41, 5.74) is 0.381. The van der Waals surface area contributed by atoms with Gasteiger partial charge in [-0.3, -0.25) is 0 Å². The molecule has 18 heavy (non-hydrogen) atoms. The number of halogens is 3. The van der Waals surface area contributed by atoms with Crippen molar-refractivity contribution in [3.05, 3.63) is 52.1 Å². The van der Waals surface area contributed by atoms with Crippen LogP contribution >= 0.6 is 15.9 Å². The molecule has 2 aromatic rings. The van der Waals surface area contributed by atoms with E-state index >= 15 is 0 Å². The molecule has 1 heterocycles. The van der Waals surface area contributed by atoms with Crippen molar-refractivity contribution in [1.29, 1.82) is 5.26 Å². The Kier molecular flexibility index (Phi) is 3.53. The topological polar surface area (TPSA) is 48.7 Å². The van der Waals surface area contributed by atoms with Gasteiger partial charge in [0.05, 0.1) is 11.3 Å². The van der Waals surface area contributed by atoms with Gasteiger partial charge in [-0.05, 0) is 40.2 Å². The summed E-state index contributed by atoms with van der Waals surface area (Å²) in [5, 5.41) is 11.5. The maximum absolute atomic E-state index is 13.5. The third kappa shape index (κ3) is 2.63. The number of pyridine rings is 1. The average Bonchev–Trinajstić information content (AvgIpc) is 2.34. The molecule has 0 aliphatic carbocycles. The van der Waals surface area contributed by atoms with Crippen LogP contribution in [-0.2, 0) is 0 Å². The van der Waals surface area contributed by atoms with E-state index in [-0.39, 0.29) is 11.4 Å². The molecule has 0 fully saturated rings. The molecular formula is C12H6BrF2N3. The molecule has 0 aliphatic heterocycles. The summed E-state index contributed by atoms with van der Waals surface area (Å²) in [6.07, 6.45) is 1.42. The number of rotatable bonds is 2. The number of benzene rings is 1. The Labute approximate surface area is 110 Å². The Hall–Kier alpha value is -2.00. The Bertz CT molecular complexity index is 638. The molecule has 90 valence electrons. The SMILES string of the molecule is N#Cc1cc(F)ccc1Nc1ncc(Br)cc1F. The van der Waals surface area contributed by atoms with Crippen LogP contribution in [0.15, 0.2) is 34.9 Å². The van der Waals surface area contributed by atoms with Crippen molar-refractivity contribution in [3.8, 4) is 6.07 Å². The predicted molar refractivity (Wildman–Crippen MR) is 66.3 cm³/mol. The normalized spacial score (nSPS) is 9.89. The van der Waals surface area contributed by atoms with Crippen LogP contribution in [-0.4, -0.2) is 4.98 Å². The third-order valence-electron chi connectivity index (χ3n) is 2.16. The molecule has 0 aliphatic rings. The molecule has 1 aromatic carbocycles. The zero-order chi connectivity index (χ0) is 13.1. The second kappa shape index (κ2) is 5.10. The Balaban J connectivity index is 2.37. The van der Waals surface area contributed by atoms with E-state index < -0.39 is 11.6 Å². The van der Waals surface area contributed by atoms with E-state index in [4.69, 9.17) is 5.26 Å². The van der Waals surface area contributed by atoms with Crippen molar-refractivity contribution in [1.82, 2.24) is 4.98 Å². The van der Waals surface area contributed by atoms with E-state index in [9.17, 15) is 8.78 Å². The number of nitriles is 1. The number of hydrogen-bond acceptors (Lipinski definition) is 3. The van der Waals surface area contributed by atoms with Gasteiger partial charge in [0.15, 0.2) is 11.6 Å². The van der Waals surface area contributed by atoms with Crippen molar-refractivity contribution in [2.75, 3.05) is 5.32 Å². The van der Waals surface area contributed by atoms with Crippen molar-refractivity contribution >= 4 is 27.4 Å². The highest BCUT2D eigenvalue weighted by molar-refractivity contribution is 9.10. The number of nitrogens with zero attached hydrogens (tertiary/aromatic N) is 2. The minimum Gasteiger partial charge on any atom is -0.337 e. The quantitative estimate of drug-likeness (QED) is 0.919. The molecule has 0 spiro atoms. The van der Waals surface area contributed by atoms with Gasteiger partial charge >= 0.3 is 0 Å². The van der Waals surface area contributed by atoms with Crippen molar-refractivity contribution in [2.45, 2.75) is 0 Å². The average molecular weight is 310 g/mol. The summed E-state index contributed by atoms with van der Waals surface area (Å²) in [7, 11) is 0. The molecule has 2 rings (SSSR count). The van der Waals surface area contributed by atoms with Crippen LogP contribution in [0.5, 0.6) is 0 Å². The van der Waals surface area contributed by atoms with Crippen LogP contribution in [0.4, 0.5) is 20.3 Å². The summed E-state index contributed by atoms with van der Waals surface area (Å²) in [4.78, 5) is 3.83. The van der Waals surface area contributed by atoms with Crippen LogP contribution in [0.3, 0.4) is 0 Å². The van der Waals surface area contributed by atoms with Crippen LogP contribution in [0.1, 0.15) is 5.56 Å². The molecule has 3 nitrogen and oxygen atoms in total. The molecule has 0 radical (unpaired) electrons. The van der Waals surface area contributed by atoms with Crippen molar-refractivity contribution in [3.63, 3.8) is 0 Å². The number of hydrogen-bond donors (Lipinski definition) is 1. The molecular weight excluding hydrogens is 304 g/mol. The molecule has 1 aromatic heterocycles. The van der Waals surface area contributed by atoms with Crippen LogP contribution in [0, 0.1) is 23.0 Å². The van der Waals surface area contributed by atoms with E-state index in [1.165, 1.54) is 24.4 Å². The van der Waals surface area contributed by atoms with E-state index in [0.29, 0.717) is 10.2 Å². The van der Waals surface area contributed by atoms with E-state index in [2.05, 4.69) is 26.2 Å². The Morgan fingerprint density at radius 3 is 2.72 bits per heavy atom. The summed E-state index contributed by atoms with van der Waals surface area (Å²) in [6, 6.07) is 6.67. The fourth-order valence-corrected chi connectivity index (χ4v) is 1.66. The number of anilines is 2.